The molecule has 1 aliphatic heterocycles. The maximum atomic E-state index is 13.6. The Bertz CT molecular complexity index is 1800. The number of pyridine rings is 1. The Hall–Kier alpha value is -4.52. The van der Waals surface area contributed by atoms with Gasteiger partial charge in [0.05, 0.1) is 50.9 Å². The average Bonchev–Trinajstić information content (AvgIpc) is 3.54. The highest BCUT2D eigenvalue weighted by atomic mass is 19.4. The van der Waals surface area contributed by atoms with Gasteiger partial charge in [-0.05, 0) is 23.6 Å². The molecule has 1 aromatic carbocycles. The van der Waals surface area contributed by atoms with Crippen LogP contribution in [-0.2, 0) is 24.5 Å². The lowest BCUT2D eigenvalue weighted by Gasteiger charge is -2.30. The van der Waals surface area contributed by atoms with Gasteiger partial charge in [0.1, 0.15) is 5.52 Å². The minimum atomic E-state index is -4.58. The predicted molar refractivity (Wildman–Crippen MR) is 151 cm³/mol. The molecule has 0 bridgehead atoms. The van der Waals surface area contributed by atoms with Gasteiger partial charge in [0.2, 0.25) is 0 Å². The van der Waals surface area contributed by atoms with Crippen molar-refractivity contribution in [1.82, 2.24) is 33.7 Å². The van der Waals surface area contributed by atoms with Crippen molar-refractivity contribution in [3.05, 3.63) is 82.4 Å². The maximum Gasteiger partial charge on any atom is 0.434 e. The molecule has 4 aromatic heterocycles. The number of aryl methyl sites for hydroxylation is 1. The summed E-state index contributed by atoms with van der Waals surface area (Å²) in [6.45, 7) is 6.04. The molecule has 1 fully saturated rings. The lowest BCUT2D eigenvalue weighted by molar-refractivity contribution is -0.140. The lowest BCUT2D eigenvalue weighted by Crippen LogP contribution is -2.44. The highest BCUT2D eigenvalue weighted by molar-refractivity contribution is 5.74. The van der Waals surface area contributed by atoms with Crippen molar-refractivity contribution in [2.75, 3.05) is 31.3 Å². The van der Waals surface area contributed by atoms with E-state index in [0.29, 0.717) is 48.9 Å². The molecule has 13 heteroatoms. The summed E-state index contributed by atoms with van der Waals surface area (Å²) in [6, 6.07) is 10.7. The van der Waals surface area contributed by atoms with Crippen molar-refractivity contribution < 1.29 is 17.9 Å². The molecule has 1 saturated heterocycles. The van der Waals surface area contributed by atoms with Gasteiger partial charge in [-0.1, -0.05) is 38.1 Å². The molecule has 5 aromatic rings. The second-order valence-electron chi connectivity index (χ2n) is 10.5. The highest BCUT2D eigenvalue weighted by Crippen LogP contribution is 2.32. The van der Waals surface area contributed by atoms with Crippen molar-refractivity contribution in [1.29, 1.82) is 0 Å². The Morgan fingerprint density at radius 2 is 1.76 bits per heavy atom. The normalized spacial score (nSPS) is 14.3. The maximum absolute atomic E-state index is 13.6. The van der Waals surface area contributed by atoms with Crippen LogP contribution < -0.4 is 10.7 Å². The Morgan fingerprint density at radius 3 is 2.45 bits per heavy atom. The van der Waals surface area contributed by atoms with Crippen LogP contribution in [0.2, 0.25) is 0 Å². The van der Waals surface area contributed by atoms with Crippen LogP contribution in [0.5, 0.6) is 0 Å². The number of alkyl halides is 3. The molecule has 218 valence electrons. The summed E-state index contributed by atoms with van der Waals surface area (Å²) < 4.78 is 50.6. The zero-order chi connectivity index (χ0) is 29.6. The molecule has 0 spiro atoms. The SMILES string of the molecule is CC(C)c1ncccc1-c1ncc2c(n1)n(Cc1ccc(-c3nc(C(F)(F)F)cn3N3CCOCC3)cc1)c(=O)n2C. The minimum Gasteiger partial charge on any atom is -0.378 e. The molecule has 0 amide bonds. The smallest absolute Gasteiger partial charge is 0.378 e. The van der Waals surface area contributed by atoms with E-state index in [2.05, 4.69) is 15.0 Å². The molecule has 0 atom stereocenters. The van der Waals surface area contributed by atoms with E-state index >= 15 is 0 Å². The van der Waals surface area contributed by atoms with Crippen LogP contribution in [0.15, 0.2) is 59.8 Å². The summed E-state index contributed by atoms with van der Waals surface area (Å²) in [5.74, 6) is 0.820. The van der Waals surface area contributed by atoms with Gasteiger partial charge in [-0.15, -0.1) is 0 Å². The molecular weight excluding hydrogens is 549 g/mol. The average molecular weight is 579 g/mol. The van der Waals surface area contributed by atoms with E-state index in [1.165, 1.54) is 9.24 Å². The standard InChI is InChI=1S/C29H29F3N8O2/c1-18(2)24-21(5-4-10-33-24)25-34-15-22-27(36-25)39(28(41)37(22)3)16-19-6-8-20(9-7-19)26-35-23(29(30,31)32)17-40(26)38-11-13-42-14-12-38/h4-10,15,17-18H,11-14,16H2,1-3H3. The van der Waals surface area contributed by atoms with E-state index in [1.54, 1.807) is 53.3 Å². The summed E-state index contributed by atoms with van der Waals surface area (Å²) in [5, 5.41) is 1.79. The van der Waals surface area contributed by atoms with Gasteiger partial charge in [0.25, 0.3) is 0 Å². The van der Waals surface area contributed by atoms with E-state index in [4.69, 9.17) is 9.72 Å². The first-order valence-corrected chi connectivity index (χ1v) is 13.6. The van der Waals surface area contributed by atoms with E-state index < -0.39 is 11.9 Å². The molecule has 0 N–H and O–H groups in total. The Morgan fingerprint density at radius 1 is 1.02 bits per heavy atom. The minimum absolute atomic E-state index is 0.156. The second-order valence-corrected chi connectivity index (χ2v) is 10.5. The second kappa shape index (κ2) is 10.7. The molecule has 5 heterocycles. The van der Waals surface area contributed by atoms with Crippen LogP contribution in [0.3, 0.4) is 0 Å². The topological polar surface area (TPSA) is 95.9 Å². The third-order valence-electron chi connectivity index (χ3n) is 7.33. The summed E-state index contributed by atoms with van der Waals surface area (Å²) in [6.07, 6.45) is -0.182. The predicted octanol–water partition coefficient (Wildman–Crippen LogP) is 4.21. The van der Waals surface area contributed by atoms with Gasteiger partial charge in [-0.3, -0.25) is 14.1 Å². The summed E-state index contributed by atoms with van der Waals surface area (Å²) >= 11 is 0. The van der Waals surface area contributed by atoms with E-state index in [0.717, 1.165) is 23.0 Å². The molecule has 0 radical (unpaired) electrons. The van der Waals surface area contributed by atoms with E-state index in [-0.39, 0.29) is 24.0 Å². The number of nitrogens with zero attached hydrogens (tertiary/aromatic N) is 8. The van der Waals surface area contributed by atoms with Crippen LogP contribution in [0.25, 0.3) is 33.9 Å². The largest absolute Gasteiger partial charge is 0.434 e. The Labute approximate surface area is 239 Å². The highest BCUT2D eigenvalue weighted by Gasteiger charge is 2.36. The zero-order valence-electron chi connectivity index (χ0n) is 23.3. The Kier molecular flexibility index (Phi) is 7.05. The summed E-state index contributed by atoms with van der Waals surface area (Å²) in [5.41, 5.74) is 2.81. The quantitative estimate of drug-likeness (QED) is 0.298. The number of morpholine rings is 1. The van der Waals surface area contributed by atoms with Gasteiger partial charge >= 0.3 is 11.9 Å². The molecule has 1 aliphatic rings. The molecule has 0 saturated carbocycles. The van der Waals surface area contributed by atoms with Crippen molar-refractivity contribution in [3.8, 4) is 22.8 Å². The van der Waals surface area contributed by atoms with Crippen LogP contribution in [0.1, 0.15) is 36.7 Å². The summed E-state index contributed by atoms with van der Waals surface area (Å²) in [4.78, 5) is 31.0. The van der Waals surface area contributed by atoms with Gasteiger partial charge in [-0.25, -0.2) is 24.4 Å². The monoisotopic (exact) mass is 578 g/mol. The molecule has 42 heavy (non-hydrogen) atoms. The van der Waals surface area contributed by atoms with E-state index in [9.17, 15) is 18.0 Å². The third kappa shape index (κ3) is 5.04. The van der Waals surface area contributed by atoms with Crippen LogP contribution in [0, 0.1) is 0 Å². The molecule has 0 unspecified atom stereocenters. The molecular formula is C29H29F3N8O2. The van der Waals surface area contributed by atoms with Crippen molar-refractivity contribution >= 4 is 11.2 Å². The number of imidazole rings is 2. The first kappa shape index (κ1) is 27.6. The molecule has 0 aliphatic carbocycles. The van der Waals surface area contributed by atoms with Crippen LogP contribution in [-0.4, -0.2) is 60.0 Å². The van der Waals surface area contributed by atoms with Crippen molar-refractivity contribution in [2.45, 2.75) is 32.5 Å². The zero-order valence-corrected chi connectivity index (χ0v) is 23.3. The number of fused-ring (bicyclic) bond motifs is 1. The lowest BCUT2D eigenvalue weighted by atomic mass is 10.0. The summed E-state index contributed by atoms with van der Waals surface area (Å²) in [7, 11) is 1.67. The van der Waals surface area contributed by atoms with E-state index in [1.807, 2.05) is 26.0 Å². The first-order chi connectivity index (χ1) is 20.1. The Balaban J connectivity index is 1.35. The van der Waals surface area contributed by atoms with Gasteiger partial charge in [0.15, 0.2) is 23.0 Å². The molecule has 6 rings (SSSR count). The molecule has 10 nitrogen and oxygen atoms in total. The van der Waals surface area contributed by atoms with Crippen LogP contribution in [0.4, 0.5) is 13.2 Å². The number of rotatable bonds is 6. The van der Waals surface area contributed by atoms with Gasteiger partial charge in [-0.2, -0.15) is 13.2 Å². The van der Waals surface area contributed by atoms with Gasteiger partial charge in [0, 0.05) is 24.4 Å². The number of hydrogen-bond donors (Lipinski definition) is 0. The third-order valence-corrected chi connectivity index (χ3v) is 7.33. The fraction of sp³-hybridized carbons (Fsp3) is 0.345. The number of aromatic nitrogens is 7. The number of halogens is 3. The van der Waals surface area contributed by atoms with Crippen molar-refractivity contribution in [3.63, 3.8) is 0 Å². The van der Waals surface area contributed by atoms with Crippen molar-refractivity contribution in [2.24, 2.45) is 7.05 Å². The number of benzene rings is 1. The number of ether oxygens (including phenoxy) is 1. The number of hydrogen-bond acceptors (Lipinski definition) is 7. The van der Waals surface area contributed by atoms with Crippen LogP contribution >= 0.6 is 0 Å². The fourth-order valence-corrected chi connectivity index (χ4v) is 5.15. The fourth-order valence-electron chi connectivity index (χ4n) is 5.15. The van der Waals surface area contributed by atoms with Gasteiger partial charge < -0.3 is 9.75 Å². The first-order valence-electron chi connectivity index (χ1n) is 13.6.